The van der Waals surface area contributed by atoms with Crippen molar-refractivity contribution in [2.45, 2.75) is 66.2 Å². The molecule has 0 unspecified atom stereocenters. The van der Waals surface area contributed by atoms with Gasteiger partial charge in [-0.15, -0.1) is 0 Å². The second-order valence-electron chi connectivity index (χ2n) is 7.49. The summed E-state index contributed by atoms with van der Waals surface area (Å²) in [5.41, 5.74) is 2.89. The first-order valence-electron chi connectivity index (χ1n) is 9.27. The molecule has 0 aromatic rings. The van der Waals surface area contributed by atoms with Crippen LogP contribution >= 0.6 is 0 Å². The molecule has 0 saturated heterocycles. The van der Waals surface area contributed by atoms with Crippen molar-refractivity contribution in [3.05, 3.63) is 35.3 Å². The van der Waals surface area contributed by atoms with Gasteiger partial charge in [0.2, 0.25) is 0 Å². The molecule has 0 aliphatic heterocycles. The van der Waals surface area contributed by atoms with E-state index in [1.807, 2.05) is 0 Å². The number of aldehydes is 1. The standard InChI is InChI=1S/C21H35NO2/c1-6-14-22(15-9-7-8-10-16-23)20-13-11-12-18(24-5)17-19(20)21(2,3)4/h11-13,16H,6-10,14-15,17H2,1-5H3. The van der Waals surface area contributed by atoms with Crippen LogP contribution in [0.25, 0.3) is 0 Å². The number of ether oxygens (including phenoxy) is 1. The largest absolute Gasteiger partial charge is 0.501 e. The van der Waals surface area contributed by atoms with Crippen LogP contribution in [0, 0.1) is 5.41 Å². The van der Waals surface area contributed by atoms with Gasteiger partial charge in [-0.3, -0.25) is 0 Å². The molecule has 0 amide bonds. The van der Waals surface area contributed by atoms with E-state index < -0.39 is 0 Å². The van der Waals surface area contributed by atoms with E-state index in [2.05, 4.69) is 50.8 Å². The number of carbonyl (C=O) groups is 1. The predicted octanol–water partition coefficient (Wildman–Crippen LogP) is 5.25. The van der Waals surface area contributed by atoms with Gasteiger partial charge >= 0.3 is 0 Å². The van der Waals surface area contributed by atoms with E-state index >= 15 is 0 Å². The number of carbonyl (C=O) groups excluding carboxylic acids is 1. The smallest absolute Gasteiger partial charge is 0.119 e. The summed E-state index contributed by atoms with van der Waals surface area (Å²) < 4.78 is 5.53. The molecule has 0 radical (unpaired) electrons. The van der Waals surface area contributed by atoms with Gasteiger partial charge in [0, 0.05) is 31.6 Å². The van der Waals surface area contributed by atoms with Crippen LogP contribution in [0.1, 0.15) is 66.2 Å². The maximum Gasteiger partial charge on any atom is 0.119 e. The first-order valence-corrected chi connectivity index (χ1v) is 9.27. The molecular weight excluding hydrogens is 298 g/mol. The van der Waals surface area contributed by atoms with Gasteiger partial charge in [0.05, 0.1) is 12.9 Å². The van der Waals surface area contributed by atoms with Gasteiger partial charge in [-0.2, -0.15) is 0 Å². The van der Waals surface area contributed by atoms with Gasteiger partial charge in [0.1, 0.15) is 6.29 Å². The fraction of sp³-hybridized carbons (Fsp3) is 0.667. The molecule has 136 valence electrons. The van der Waals surface area contributed by atoms with Crippen molar-refractivity contribution >= 4 is 6.29 Å². The second-order valence-corrected chi connectivity index (χ2v) is 7.49. The highest BCUT2D eigenvalue weighted by Gasteiger charge is 2.25. The van der Waals surface area contributed by atoms with Gasteiger partial charge < -0.3 is 14.4 Å². The Bertz CT molecular complexity index is 481. The monoisotopic (exact) mass is 333 g/mol. The highest BCUT2D eigenvalue weighted by Crippen LogP contribution is 2.36. The van der Waals surface area contributed by atoms with Crippen molar-refractivity contribution in [2.75, 3.05) is 20.2 Å². The average molecular weight is 334 g/mol. The molecular formula is C21H35NO2. The minimum Gasteiger partial charge on any atom is -0.501 e. The van der Waals surface area contributed by atoms with Crippen molar-refractivity contribution in [3.63, 3.8) is 0 Å². The summed E-state index contributed by atoms with van der Waals surface area (Å²) >= 11 is 0. The lowest BCUT2D eigenvalue weighted by Crippen LogP contribution is -2.28. The van der Waals surface area contributed by atoms with Gasteiger partial charge in [-0.05, 0) is 42.4 Å². The molecule has 3 heteroatoms. The number of hydrogen-bond donors (Lipinski definition) is 0. The van der Waals surface area contributed by atoms with Crippen molar-refractivity contribution < 1.29 is 9.53 Å². The molecule has 0 aromatic heterocycles. The third kappa shape index (κ3) is 6.54. The highest BCUT2D eigenvalue weighted by atomic mass is 16.5. The van der Waals surface area contributed by atoms with Gasteiger partial charge in [0.25, 0.3) is 0 Å². The zero-order valence-electron chi connectivity index (χ0n) is 16.2. The second kappa shape index (κ2) is 10.4. The molecule has 24 heavy (non-hydrogen) atoms. The van der Waals surface area contributed by atoms with Crippen LogP contribution in [-0.4, -0.2) is 31.4 Å². The maximum atomic E-state index is 10.5. The lowest BCUT2D eigenvalue weighted by Gasteiger charge is -2.33. The molecule has 0 heterocycles. The Morgan fingerprint density at radius 1 is 1.21 bits per heavy atom. The maximum absolute atomic E-state index is 10.5. The number of hydrogen-bond acceptors (Lipinski definition) is 3. The number of unbranched alkanes of at least 4 members (excludes halogenated alkanes) is 3. The van der Waals surface area contributed by atoms with Crippen LogP contribution in [0.3, 0.4) is 0 Å². The van der Waals surface area contributed by atoms with Crippen LogP contribution in [0.5, 0.6) is 0 Å². The minimum atomic E-state index is 0.102. The lowest BCUT2D eigenvalue weighted by atomic mass is 9.82. The fourth-order valence-corrected chi connectivity index (χ4v) is 3.09. The Morgan fingerprint density at radius 2 is 1.96 bits per heavy atom. The van der Waals surface area contributed by atoms with E-state index in [9.17, 15) is 4.79 Å². The van der Waals surface area contributed by atoms with Crippen LogP contribution in [0.2, 0.25) is 0 Å². The van der Waals surface area contributed by atoms with Gasteiger partial charge in [0.15, 0.2) is 0 Å². The zero-order valence-corrected chi connectivity index (χ0v) is 16.2. The Kier molecular flexibility index (Phi) is 8.88. The molecule has 0 N–H and O–H groups in total. The van der Waals surface area contributed by atoms with Gasteiger partial charge in [-0.25, -0.2) is 0 Å². The summed E-state index contributed by atoms with van der Waals surface area (Å²) in [6, 6.07) is 0. The van der Waals surface area contributed by atoms with E-state index in [1.54, 1.807) is 7.11 Å². The normalized spacial score (nSPS) is 15.1. The summed E-state index contributed by atoms with van der Waals surface area (Å²) in [6.07, 6.45) is 13.4. The molecule has 3 nitrogen and oxygen atoms in total. The number of methoxy groups -OCH3 is 1. The lowest BCUT2D eigenvalue weighted by molar-refractivity contribution is -0.107. The van der Waals surface area contributed by atoms with E-state index in [0.29, 0.717) is 6.42 Å². The summed E-state index contributed by atoms with van der Waals surface area (Å²) in [6.45, 7) is 11.2. The Hall–Kier alpha value is -1.51. The molecule has 0 aromatic carbocycles. The van der Waals surface area contributed by atoms with E-state index in [1.165, 1.54) is 11.3 Å². The average Bonchev–Trinajstić information content (AvgIpc) is 2.76. The van der Waals surface area contributed by atoms with Crippen molar-refractivity contribution in [1.82, 2.24) is 4.90 Å². The van der Waals surface area contributed by atoms with Crippen molar-refractivity contribution in [2.24, 2.45) is 5.41 Å². The topological polar surface area (TPSA) is 29.5 Å². The third-order valence-corrected chi connectivity index (χ3v) is 4.45. The number of rotatable bonds is 10. The van der Waals surface area contributed by atoms with Crippen LogP contribution < -0.4 is 0 Å². The SMILES string of the molecule is CCCN(CCCCCC=O)C1=C(C(C)(C)C)CC(OC)=CC=C1. The van der Waals surface area contributed by atoms with Crippen LogP contribution in [0.15, 0.2) is 35.3 Å². The number of allylic oxidation sites excluding steroid dienone is 4. The van der Waals surface area contributed by atoms with E-state index in [0.717, 1.165) is 57.2 Å². The summed E-state index contributed by atoms with van der Waals surface area (Å²) in [5.74, 6) is 1.02. The molecule has 0 saturated carbocycles. The highest BCUT2D eigenvalue weighted by molar-refractivity contribution is 5.48. The van der Waals surface area contributed by atoms with Crippen molar-refractivity contribution in [3.8, 4) is 0 Å². The van der Waals surface area contributed by atoms with Gasteiger partial charge in [-0.1, -0.05) is 40.2 Å². The molecule has 1 aliphatic rings. The summed E-state index contributed by atoms with van der Waals surface area (Å²) in [5, 5.41) is 0. The number of nitrogens with zero attached hydrogens (tertiary/aromatic N) is 1. The van der Waals surface area contributed by atoms with E-state index in [4.69, 9.17) is 4.74 Å². The van der Waals surface area contributed by atoms with Crippen LogP contribution in [0.4, 0.5) is 0 Å². The Morgan fingerprint density at radius 3 is 2.54 bits per heavy atom. The molecule has 1 rings (SSSR count). The molecule has 0 bridgehead atoms. The third-order valence-electron chi connectivity index (χ3n) is 4.45. The molecule has 1 aliphatic carbocycles. The molecule has 0 spiro atoms. The summed E-state index contributed by atoms with van der Waals surface area (Å²) in [4.78, 5) is 13.0. The Balaban J connectivity index is 2.97. The predicted molar refractivity (Wildman–Crippen MR) is 102 cm³/mol. The zero-order chi connectivity index (χ0) is 18.0. The first kappa shape index (κ1) is 20.5. The van der Waals surface area contributed by atoms with E-state index in [-0.39, 0.29) is 5.41 Å². The first-order chi connectivity index (χ1) is 11.4. The molecule has 0 fully saturated rings. The molecule has 0 atom stereocenters. The van der Waals surface area contributed by atoms with Crippen LogP contribution in [-0.2, 0) is 9.53 Å². The summed E-state index contributed by atoms with van der Waals surface area (Å²) in [7, 11) is 1.75. The van der Waals surface area contributed by atoms with Crippen molar-refractivity contribution in [1.29, 1.82) is 0 Å². The Labute approximate surface area is 148 Å². The minimum absolute atomic E-state index is 0.102. The quantitative estimate of drug-likeness (QED) is 0.404. The fourth-order valence-electron chi connectivity index (χ4n) is 3.09.